The summed E-state index contributed by atoms with van der Waals surface area (Å²) in [5.41, 5.74) is -1.75. The van der Waals surface area contributed by atoms with Crippen molar-refractivity contribution in [1.29, 1.82) is 0 Å². The molecule has 0 fully saturated rings. The second kappa shape index (κ2) is 5.51. The van der Waals surface area contributed by atoms with E-state index in [4.69, 9.17) is 0 Å². The summed E-state index contributed by atoms with van der Waals surface area (Å²) in [5, 5.41) is 13.4. The molecular formula is C11H9F3N2O2. The number of hydrogen-bond acceptors (Lipinski definition) is 3. The maximum absolute atomic E-state index is 12.4. The van der Waals surface area contributed by atoms with Crippen LogP contribution in [0, 0.1) is 22.0 Å². The van der Waals surface area contributed by atoms with Gasteiger partial charge in [-0.3, -0.25) is 10.1 Å². The van der Waals surface area contributed by atoms with Crippen molar-refractivity contribution in [2.45, 2.75) is 6.18 Å². The molecule has 1 N–H and O–H groups in total. The maximum atomic E-state index is 12.4. The number of halogens is 3. The number of rotatable bonds is 2. The van der Waals surface area contributed by atoms with E-state index in [-0.39, 0.29) is 12.1 Å². The standard InChI is InChI=1S/C11H9F3N2O2/c1-15-6-2-3-8-4-5-9(11(12,13)14)7-10(8)16(17)18/h4-5,7,15H,6H2,1H3. The molecule has 18 heavy (non-hydrogen) atoms. The van der Waals surface area contributed by atoms with Crippen molar-refractivity contribution >= 4 is 5.69 Å². The first kappa shape index (κ1) is 14.0. The van der Waals surface area contributed by atoms with Gasteiger partial charge >= 0.3 is 6.18 Å². The zero-order valence-corrected chi connectivity index (χ0v) is 9.34. The van der Waals surface area contributed by atoms with E-state index in [1.54, 1.807) is 7.05 Å². The van der Waals surface area contributed by atoms with Crippen molar-refractivity contribution in [2.24, 2.45) is 0 Å². The Bertz CT molecular complexity index is 515. The second-order valence-corrected chi connectivity index (χ2v) is 3.32. The number of nitro benzene ring substituents is 1. The lowest BCUT2D eigenvalue weighted by molar-refractivity contribution is -0.385. The fourth-order valence-corrected chi connectivity index (χ4v) is 1.19. The van der Waals surface area contributed by atoms with Gasteiger partial charge in [-0.25, -0.2) is 0 Å². The van der Waals surface area contributed by atoms with Gasteiger partial charge in [0.15, 0.2) is 0 Å². The minimum absolute atomic E-state index is 0.0387. The van der Waals surface area contributed by atoms with Gasteiger partial charge in [0.05, 0.1) is 17.0 Å². The van der Waals surface area contributed by atoms with Crippen LogP contribution in [0.5, 0.6) is 0 Å². The van der Waals surface area contributed by atoms with E-state index in [0.29, 0.717) is 6.07 Å². The highest BCUT2D eigenvalue weighted by Gasteiger charge is 2.32. The Labute approximate surface area is 101 Å². The van der Waals surface area contributed by atoms with Crippen molar-refractivity contribution in [2.75, 3.05) is 13.6 Å². The SMILES string of the molecule is CNCC#Cc1ccc(C(F)(F)F)cc1[N+](=O)[O-]. The van der Waals surface area contributed by atoms with E-state index in [9.17, 15) is 23.3 Å². The molecule has 0 amide bonds. The smallest absolute Gasteiger partial charge is 0.309 e. The number of hydrogen-bond donors (Lipinski definition) is 1. The van der Waals surface area contributed by atoms with E-state index >= 15 is 0 Å². The molecule has 0 saturated heterocycles. The van der Waals surface area contributed by atoms with Crippen LogP contribution in [0.25, 0.3) is 0 Å². The van der Waals surface area contributed by atoms with Crippen molar-refractivity contribution in [3.63, 3.8) is 0 Å². The number of nitrogens with one attached hydrogen (secondary N) is 1. The molecular weight excluding hydrogens is 249 g/mol. The van der Waals surface area contributed by atoms with Crippen LogP contribution in [0.4, 0.5) is 18.9 Å². The highest BCUT2D eigenvalue weighted by Crippen LogP contribution is 2.32. The van der Waals surface area contributed by atoms with E-state index in [2.05, 4.69) is 17.2 Å². The Kier molecular flexibility index (Phi) is 4.28. The molecule has 4 nitrogen and oxygen atoms in total. The molecule has 0 aromatic heterocycles. The van der Waals surface area contributed by atoms with Gasteiger partial charge < -0.3 is 5.32 Å². The summed E-state index contributed by atoms with van der Waals surface area (Å²) in [4.78, 5) is 9.81. The van der Waals surface area contributed by atoms with Gasteiger partial charge in [0.1, 0.15) is 5.56 Å². The Morgan fingerprint density at radius 1 is 1.44 bits per heavy atom. The molecule has 0 atom stereocenters. The summed E-state index contributed by atoms with van der Waals surface area (Å²) in [7, 11) is 1.63. The van der Waals surface area contributed by atoms with E-state index < -0.39 is 22.4 Å². The van der Waals surface area contributed by atoms with E-state index in [0.717, 1.165) is 12.1 Å². The Balaban J connectivity index is 3.23. The lowest BCUT2D eigenvalue weighted by Crippen LogP contribution is -2.06. The molecule has 0 bridgehead atoms. The van der Waals surface area contributed by atoms with Crippen LogP contribution in [0.1, 0.15) is 11.1 Å². The largest absolute Gasteiger partial charge is 0.416 e. The van der Waals surface area contributed by atoms with Crippen LogP contribution < -0.4 is 5.32 Å². The van der Waals surface area contributed by atoms with Crippen LogP contribution in [0.3, 0.4) is 0 Å². The lowest BCUT2D eigenvalue weighted by Gasteiger charge is -2.06. The van der Waals surface area contributed by atoms with E-state index in [1.165, 1.54) is 0 Å². The van der Waals surface area contributed by atoms with Crippen LogP contribution in [0.2, 0.25) is 0 Å². The predicted octanol–water partition coefficient (Wildman–Crippen LogP) is 2.18. The average Bonchev–Trinajstić information content (AvgIpc) is 2.28. The monoisotopic (exact) mass is 258 g/mol. The van der Waals surface area contributed by atoms with Gasteiger partial charge in [0.2, 0.25) is 0 Å². The fraction of sp³-hybridized carbons (Fsp3) is 0.273. The summed E-state index contributed by atoms with van der Waals surface area (Å²) in [6.45, 7) is 0.290. The first-order chi connectivity index (χ1) is 8.36. The molecule has 0 aliphatic heterocycles. The minimum atomic E-state index is -4.61. The molecule has 0 aliphatic rings. The summed E-state index contributed by atoms with van der Waals surface area (Å²) in [5.74, 6) is 5.01. The first-order valence-electron chi connectivity index (χ1n) is 4.85. The topological polar surface area (TPSA) is 55.2 Å². The van der Waals surface area contributed by atoms with Gasteiger partial charge in [-0.2, -0.15) is 13.2 Å². The number of benzene rings is 1. The van der Waals surface area contributed by atoms with Crippen LogP contribution in [-0.2, 0) is 6.18 Å². The van der Waals surface area contributed by atoms with E-state index in [1.807, 2.05) is 0 Å². The van der Waals surface area contributed by atoms with Crippen molar-refractivity contribution < 1.29 is 18.1 Å². The molecule has 0 saturated carbocycles. The average molecular weight is 258 g/mol. The Hall–Kier alpha value is -2.07. The van der Waals surface area contributed by atoms with Gasteiger partial charge in [0, 0.05) is 6.07 Å². The molecule has 0 radical (unpaired) electrons. The zero-order valence-electron chi connectivity index (χ0n) is 9.34. The number of nitrogens with zero attached hydrogens (tertiary/aromatic N) is 1. The Morgan fingerprint density at radius 2 is 2.11 bits per heavy atom. The normalized spacial score (nSPS) is 10.7. The molecule has 1 aromatic carbocycles. The highest BCUT2D eigenvalue weighted by molar-refractivity contribution is 5.53. The summed E-state index contributed by atoms with van der Waals surface area (Å²) in [6, 6.07) is 2.27. The highest BCUT2D eigenvalue weighted by atomic mass is 19.4. The maximum Gasteiger partial charge on any atom is 0.416 e. The van der Waals surface area contributed by atoms with Crippen LogP contribution in [-0.4, -0.2) is 18.5 Å². The third kappa shape index (κ3) is 3.46. The molecule has 1 rings (SSSR count). The first-order valence-corrected chi connectivity index (χ1v) is 4.85. The number of alkyl halides is 3. The lowest BCUT2D eigenvalue weighted by atomic mass is 10.1. The molecule has 7 heteroatoms. The number of nitro groups is 1. The minimum Gasteiger partial charge on any atom is -0.309 e. The summed E-state index contributed by atoms with van der Waals surface area (Å²) in [6.07, 6.45) is -4.61. The molecule has 96 valence electrons. The summed E-state index contributed by atoms with van der Waals surface area (Å²) >= 11 is 0. The molecule has 0 spiro atoms. The van der Waals surface area contributed by atoms with Gasteiger partial charge in [-0.1, -0.05) is 11.8 Å². The third-order valence-corrected chi connectivity index (χ3v) is 2.01. The second-order valence-electron chi connectivity index (χ2n) is 3.32. The Morgan fingerprint density at radius 3 is 2.61 bits per heavy atom. The van der Waals surface area contributed by atoms with Crippen molar-refractivity contribution in [1.82, 2.24) is 5.32 Å². The van der Waals surface area contributed by atoms with Gasteiger partial charge in [-0.15, -0.1) is 0 Å². The van der Waals surface area contributed by atoms with Crippen LogP contribution in [0.15, 0.2) is 18.2 Å². The van der Waals surface area contributed by atoms with Crippen molar-refractivity contribution in [3.8, 4) is 11.8 Å². The van der Waals surface area contributed by atoms with Crippen molar-refractivity contribution in [3.05, 3.63) is 39.4 Å². The predicted molar refractivity (Wildman–Crippen MR) is 58.9 cm³/mol. The van der Waals surface area contributed by atoms with Gasteiger partial charge in [-0.05, 0) is 19.2 Å². The van der Waals surface area contributed by atoms with Gasteiger partial charge in [0.25, 0.3) is 5.69 Å². The third-order valence-electron chi connectivity index (χ3n) is 2.01. The fourth-order valence-electron chi connectivity index (χ4n) is 1.19. The summed E-state index contributed by atoms with van der Waals surface area (Å²) < 4.78 is 37.2. The quantitative estimate of drug-likeness (QED) is 0.502. The molecule has 0 aliphatic carbocycles. The molecule has 1 aromatic rings. The molecule has 0 unspecified atom stereocenters. The van der Waals surface area contributed by atoms with Crippen LogP contribution >= 0.6 is 0 Å². The zero-order chi connectivity index (χ0) is 13.8. The molecule has 0 heterocycles.